The summed E-state index contributed by atoms with van der Waals surface area (Å²) in [4.78, 5) is 11.7. The maximum absolute atomic E-state index is 11.7. The Labute approximate surface area is 147 Å². The van der Waals surface area contributed by atoms with E-state index in [0.29, 0.717) is 11.4 Å². The van der Waals surface area contributed by atoms with Crippen molar-refractivity contribution in [3.63, 3.8) is 0 Å². The Morgan fingerprint density at radius 2 is 1.75 bits per heavy atom. The largest absolute Gasteiger partial charge is 0.481 e. The summed E-state index contributed by atoms with van der Waals surface area (Å²) in [5.74, 6) is -1.34. The molecule has 0 bridgehead atoms. The molecule has 0 spiro atoms. The number of carbonyl (C=O) groups is 1. The van der Waals surface area contributed by atoms with Crippen LogP contribution in [-0.4, -0.2) is 11.1 Å². The van der Waals surface area contributed by atoms with Crippen LogP contribution in [0.4, 0.5) is 0 Å². The van der Waals surface area contributed by atoms with Crippen molar-refractivity contribution in [2.24, 2.45) is 0 Å². The standard InChI is InChI=1S/C21H21ClO2/c22-19-12-6-15(7-13-19)14-20(21(23)24)18-10-8-17(9-11-18)16-4-2-1-3-5-16/h4,6-13,20H,1-3,5,14H2,(H,23,24). The van der Waals surface area contributed by atoms with E-state index in [0.717, 1.165) is 24.0 Å². The van der Waals surface area contributed by atoms with Gasteiger partial charge in [0.05, 0.1) is 5.92 Å². The fourth-order valence-electron chi connectivity index (χ4n) is 3.23. The maximum atomic E-state index is 11.7. The predicted octanol–water partition coefficient (Wildman–Crippen LogP) is 5.71. The first kappa shape index (κ1) is 16.8. The lowest BCUT2D eigenvalue weighted by Gasteiger charge is -2.16. The Balaban J connectivity index is 1.79. The molecule has 0 amide bonds. The molecule has 0 aromatic heterocycles. The van der Waals surface area contributed by atoms with Crippen molar-refractivity contribution in [3.05, 3.63) is 76.3 Å². The maximum Gasteiger partial charge on any atom is 0.311 e. The minimum Gasteiger partial charge on any atom is -0.481 e. The van der Waals surface area contributed by atoms with E-state index in [1.807, 2.05) is 24.3 Å². The summed E-state index contributed by atoms with van der Waals surface area (Å²) in [5.41, 5.74) is 4.43. The monoisotopic (exact) mass is 340 g/mol. The molecule has 124 valence electrons. The van der Waals surface area contributed by atoms with Crippen LogP contribution in [0.2, 0.25) is 5.02 Å². The normalized spacial score (nSPS) is 15.6. The molecule has 1 unspecified atom stereocenters. The lowest BCUT2D eigenvalue weighted by Crippen LogP contribution is -2.14. The van der Waals surface area contributed by atoms with Gasteiger partial charge < -0.3 is 5.11 Å². The first-order valence-electron chi connectivity index (χ1n) is 8.40. The lowest BCUT2D eigenvalue weighted by atomic mass is 9.89. The molecule has 0 fully saturated rings. The van der Waals surface area contributed by atoms with Gasteiger partial charge in [-0.1, -0.05) is 54.1 Å². The number of carboxylic acids is 1. The highest BCUT2D eigenvalue weighted by Gasteiger charge is 2.20. The molecule has 0 saturated carbocycles. The molecule has 1 N–H and O–H groups in total. The molecule has 1 atom stereocenters. The first-order valence-corrected chi connectivity index (χ1v) is 8.78. The fraction of sp³-hybridized carbons (Fsp3) is 0.286. The lowest BCUT2D eigenvalue weighted by molar-refractivity contribution is -0.138. The van der Waals surface area contributed by atoms with E-state index in [2.05, 4.69) is 18.2 Å². The molecule has 0 saturated heterocycles. The van der Waals surface area contributed by atoms with Crippen molar-refractivity contribution in [3.8, 4) is 0 Å². The van der Waals surface area contributed by atoms with Gasteiger partial charge in [0.2, 0.25) is 0 Å². The number of halogens is 1. The molecule has 2 nitrogen and oxygen atoms in total. The number of hydrogen-bond donors (Lipinski definition) is 1. The molecule has 1 aliphatic rings. The topological polar surface area (TPSA) is 37.3 Å². The summed E-state index contributed by atoms with van der Waals surface area (Å²) in [7, 11) is 0. The average Bonchev–Trinajstić information content (AvgIpc) is 2.62. The van der Waals surface area contributed by atoms with Crippen LogP contribution in [0.1, 0.15) is 48.3 Å². The minimum absolute atomic E-state index is 0.467. The summed E-state index contributed by atoms with van der Waals surface area (Å²) in [6, 6.07) is 15.4. The SMILES string of the molecule is O=C(O)C(Cc1ccc(Cl)cc1)c1ccc(C2=CCCCC2)cc1. The van der Waals surface area contributed by atoms with Crippen molar-refractivity contribution in [2.75, 3.05) is 0 Å². The van der Waals surface area contributed by atoms with Crippen LogP contribution in [0, 0.1) is 0 Å². The van der Waals surface area contributed by atoms with E-state index < -0.39 is 11.9 Å². The molecule has 24 heavy (non-hydrogen) atoms. The molecular weight excluding hydrogens is 320 g/mol. The number of carboxylic acid groups (broad SMARTS) is 1. The van der Waals surface area contributed by atoms with Crippen LogP contribution in [0.25, 0.3) is 5.57 Å². The van der Waals surface area contributed by atoms with E-state index in [1.165, 1.54) is 24.0 Å². The quantitative estimate of drug-likeness (QED) is 0.757. The van der Waals surface area contributed by atoms with Crippen LogP contribution >= 0.6 is 11.6 Å². The van der Waals surface area contributed by atoms with Crippen molar-refractivity contribution in [1.82, 2.24) is 0 Å². The Hall–Kier alpha value is -2.06. The van der Waals surface area contributed by atoms with Crippen molar-refractivity contribution in [2.45, 2.75) is 38.0 Å². The summed E-state index contributed by atoms with van der Waals surface area (Å²) in [5, 5.41) is 10.3. The smallest absolute Gasteiger partial charge is 0.311 e. The average molecular weight is 341 g/mol. The summed E-state index contributed by atoms with van der Waals surface area (Å²) < 4.78 is 0. The highest BCUT2D eigenvalue weighted by Crippen LogP contribution is 2.29. The number of aliphatic carboxylic acids is 1. The van der Waals surface area contributed by atoms with Crippen LogP contribution in [0.3, 0.4) is 0 Å². The number of allylic oxidation sites excluding steroid dienone is 2. The van der Waals surface area contributed by atoms with E-state index in [-0.39, 0.29) is 0 Å². The van der Waals surface area contributed by atoms with Gasteiger partial charge in [-0.15, -0.1) is 0 Å². The Morgan fingerprint density at radius 3 is 2.33 bits per heavy atom. The molecule has 0 radical (unpaired) electrons. The van der Waals surface area contributed by atoms with Gasteiger partial charge in [-0.25, -0.2) is 0 Å². The molecule has 0 aliphatic heterocycles. The van der Waals surface area contributed by atoms with Crippen LogP contribution < -0.4 is 0 Å². The Morgan fingerprint density at radius 1 is 1.04 bits per heavy atom. The third-order valence-electron chi connectivity index (χ3n) is 4.63. The summed E-state index contributed by atoms with van der Waals surface area (Å²) in [6.07, 6.45) is 7.54. The van der Waals surface area contributed by atoms with Crippen LogP contribution in [-0.2, 0) is 11.2 Å². The van der Waals surface area contributed by atoms with Gasteiger partial charge in [0.15, 0.2) is 0 Å². The predicted molar refractivity (Wildman–Crippen MR) is 98.4 cm³/mol. The number of hydrogen-bond acceptors (Lipinski definition) is 1. The molecule has 0 heterocycles. The first-order chi connectivity index (χ1) is 11.6. The number of benzene rings is 2. The summed E-state index contributed by atoms with van der Waals surface area (Å²) >= 11 is 5.90. The van der Waals surface area contributed by atoms with Crippen LogP contribution in [0.5, 0.6) is 0 Å². The summed E-state index contributed by atoms with van der Waals surface area (Å²) in [6.45, 7) is 0. The zero-order chi connectivity index (χ0) is 16.9. The second-order valence-electron chi connectivity index (χ2n) is 6.32. The second kappa shape index (κ2) is 7.67. The van der Waals surface area contributed by atoms with Crippen molar-refractivity contribution >= 4 is 23.1 Å². The van der Waals surface area contributed by atoms with Crippen LogP contribution in [0.15, 0.2) is 54.6 Å². The molecule has 3 rings (SSSR count). The minimum atomic E-state index is -0.797. The third-order valence-corrected chi connectivity index (χ3v) is 4.88. The van der Waals surface area contributed by atoms with Gasteiger partial charge >= 0.3 is 5.97 Å². The van der Waals surface area contributed by atoms with E-state index >= 15 is 0 Å². The van der Waals surface area contributed by atoms with Gasteiger partial charge in [-0.3, -0.25) is 4.79 Å². The molecule has 1 aliphatic carbocycles. The molecule has 2 aromatic carbocycles. The van der Waals surface area contributed by atoms with Gasteiger partial charge in [0, 0.05) is 5.02 Å². The van der Waals surface area contributed by atoms with E-state index in [1.54, 1.807) is 12.1 Å². The van der Waals surface area contributed by atoms with Gasteiger partial charge in [0.25, 0.3) is 0 Å². The zero-order valence-electron chi connectivity index (χ0n) is 13.5. The molecule has 2 aromatic rings. The third kappa shape index (κ3) is 4.07. The van der Waals surface area contributed by atoms with Crippen molar-refractivity contribution in [1.29, 1.82) is 0 Å². The van der Waals surface area contributed by atoms with Gasteiger partial charge in [0.1, 0.15) is 0 Å². The van der Waals surface area contributed by atoms with Crippen molar-refractivity contribution < 1.29 is 9.90 Å². The highest BCUT2D eigenvalue weighted by molar-refractivity contribution is 6.30. The molecular formula is C21H21ClO2. The van der Waals surface area contributed by atoms with Gasteiger partial charge in [-0.2, -0.15) is 0 Å². The Bertz CT molecular complexity index is 729. The van der Waals surface area contributed by atoms with E-state index in [9.17, 15) is 9.90 Å². The number of rotatable bonds is 5. The van der Waals surface area contributed by atoms with Gasteiger partial charge in [-0.05, 0) is 66.5 Å². The highest BCUT2D eigenvalue weighted by atomic mass is 35.5. The van der Waals surface area contributed by atoms with E-state index in [4.69, 9.17) is 11.6 Å². The Kier molecular flexibility index (Phi) is 5.37. The second-order valence-corrected chi connectivity index (χ2v) is 6.76. The molecule has 3 heteroatoms. The fourth-order valence-corrected chi connectivity index (χ4v) is 3.36. The zero-order valence-corrected chi connectivity index (χ0v) is 14.3.